The van der Waals surface area contributed by atoms with Crippen LogP contribution < -0.4 is 4.74 Å². The Labute approximate surface area is 119 Å². The molecule has 110 valence electrons. The number of likely N-dealkylation sites (tertiary alicyclic amines) is 1. The van der Waals surface area contributed by atoms with E-state index in [0.29, 0.717) is 12.2 Å². The lowest BCUT2D eigenvalue weighted by Gasteiger charge is -2.32. The Balaban J connectivity index is 1.76. The van der Waals surface area contributed by atoms with Crippen LogP contribution in [0, 0.1) is 5.82 Å². The smallest absolute Gasteiger partial charge is 0.222 e. The van der Waals surface area contributed by atoms with Crippen molar-refractivity contribution in [3.8, 4) is 5.75 Å². The van der Waals surface area contributed by atoms with E-state index < -0.39 is 0 Å². The van der Waals surface area contributed by atoms with Gasteiger partial charge in [-0.15, -0.1) is 0 Å². The lowest BCUT2D eigenvalue weighted by Crippen LogP contribution is -2.41. The molecule has 0 N–H and O–H groups in total. The van der Waals surface area contributed by atoms with E-state index >= 15 is 0 Å². The molecule has 0 aliphatic carbocycles. The van der Waals surface area contributed by atoms with Crippen molar-refractivity contribution in [2.24, 2.45) is 0 Å². The fraction of sp³-hybridized carbons (Fsp3) is 0.562. The summed E-state index contributed by atoms with van der Waals surface area (Å²) in [5, 5.41) is 0. The molecule has 1 amide bonds. The second kappa shape index (κ2) is 7.27. The summed E-state index contributed by atoms with van der Waals surface area (Å²) in [4.78, 5) is 13.8. The number of nitrogens with zero attached hydrogens (tertiary/aromatic N) is 1. The average Bonchev–Trinajstić information content (AvgIpc) is 2.48. The Kier molecular flexibility index (Phi) is 5.39. The maximum atomic E-state index is 12.8. The molecule has 0 radical (unpaired) electrons. The van der Waals surface area contributed by atoms with Crippen LogP contribution in [0.2, 0.25) is 0 Å². The van der Waals surface area contributed by atoms with Gasteiger partial charge in [0.15, 0.2) is 0 Å². The van der Waals surface area contributed by atoms with Gasteiger partial charge in [-0.3, -0.25) is 4.79 Å². The molecule has 1 saturated heterocycles. The Morgan fingerprint density at radius 2 is 1.95 bits per heavy atom. The van der Waals surface area contributed by atoms with Gasteiger partial charge in [-0.2, -0.15) is 0 Å². The van der Waals surface area contributed by atoms with Crippen molar-refractivity contribution in [1.29, 1.82) is 0 Å². The van der Waals surface area contributed by atoms with E-state index in [9.17, 15) is 9.18 Å². The summed E-state index contributed by atoms with van der Waals surface area (Å²) in [6.45, 7) is 3.61. The van der Waals surface area contributed by atoms with Gasteiger partial charge in [0.25, 0.3) is 0 Å². The van der Waals surface area contributed by atoms with E-state index in [1.54, 1.807) is 12.1 Å². The van der Waals surface area contributed by atoms with Crippen LogP contribution in [0.4, 0.5) is 4.39 Å². The van der Waals surface area contributed by atoms with E-state index in [4.69, 9.17) is 4.74 Å². The fourth-order valence-corrected chi connectivity index (χ4v) is 2.41. The highest BCUT2D eigenvalue weighted by atomic mass is 19.1. The zero-order valence-electron chi connectivity index (χ0n) is 12.0. The molecule has 20 heavy (non-hydrogen) atoms. The van der Waals surface area contributed by atoms with Gasteiger partial charge in [0.05, 0.1) is 0 Å². The molecule has 3 nitrogen and oxygen atoms in total. The molecule has 0 saturated carbocycles. The topological polar surface area (TPSA) is 29.5 Å². The maximum Gasteiger partial charge on any atom is 0.222 e. The molecule has 1 heterocycles. The molecule has 2 rings (SSSR count). The van der Waals surface area contributed by atoms with Crippen LogP contribution in [0.5, 0.6) is 5.75 Å². The third-order valence-electron chi connectivity index (χ3n) is 3.66. The fourth-order valence-electron chi connectivity index (χ4n) is 2.41. The highest BCUT2D eigenvalue weighted by molar-refractivity contribution is 5.76. The van der Waals surface area contributed by atoms with Crippen LogP contribution in [0.3, 0.4) is 0 Å². The van der Waals surface area contributed by atoms with E-state index in [-0.39, 0.29) is 17.8 Å². The van der Waals surface area contributed by atoms with Gasteiger partial charge >= 0.3 is 0 Å². The van der Waals surface area contributed by atoms with Crippen molar-refractivity contribution in [2.75, 3.05) is 13.1 Å². The van der Waals surface area contributed by atoms with Crippen LogP contribution in [-0.4, -0.2) is 30.0 Å². The van der Waals surface area contributed by atoms with Gasteiger partial charge < -0.3 is 9.64 Å². The van der Waals surface area contributed by atoms with Crippen LogP contribution in [0.25, 0.3) is 0 Å². The first kappa shape index (κ1) is 14.8. The molecule has 0 unspecified atom stereocenters. The molecule has 4 heteroatoms. The third-order valence-corrected chi connectivity index (χ3v) is 3.66. The molecule has 0 bridgehead atoms. The molecule has 1 aliphatic rings. The number of carbonyl (C=O) groups is 1. The number of hydrogen-bond donors (Lipinski definition) is 0. The Bertz CT molecular complexity index is 425. The van der Waals surface area contributed by atoms with Crippen LogP contribution in [0.1, 0.15) is 39.0 Å². The quantitative estimate of drug-likeness (QED) is 0.827. The van der Waals surface area contributed by atoms with Gasteiger partial charge in [-0.1, -0.05) is 13.3 Å². The zero-order chi connectivity index (χ0) is 14.4. The molecule has 0 atom stereocenters. The standard InChI is InChI=1S/C16H22FNO2/c1-2-3-4-16(19)18-11-9-15(10-12-18)20-14-7-5-13(17)6-8-14/h5-8,15H,2-4,9-12H2,1H3. The van der Waals surface area contributed by atoms with Crippen molar-refractivity contribution in [3.63, 3.8) is 0 Å². The van der Waals surface area contributed by atoms with Crippen molar-refractivity contribution in [1.82, 2.24) is 4.90 Å². The normalized spacial score (nSPS) is 16.2. The average molecular weight is 279 g/mol. The van der Waals surface area contributed by atoms with Crippen molar-refractivity contribution < 1.29 is 13.9 Å². The van der Waals surface area contributed by atoms with Crippen LogP contribution >= 0.6 is 0 Å². The number of rotatable bonds is 5. The van der Waals surface area contributed by atoms with E-state index in [2.05, 4.69) is 6.92 Å². The number of carbonyl (C=O) groups excluding carboxylic acids is 1. The minimum atomic E-state index is -0.256. The Morgan fingerprint density at radius 3 is 2.55 bits per heavy atom. The number of halogens is 1. The van der Waals surface area contributed by atoms with Gasteiger partial charge in [0.2, 0.25) is 5.91 Å². The summed E-state index contributed by atoms with van der Waals surface area (Å²) in [6.07, 6.45) is 4.47. The van der Waals surface area contributed by atoms with Crippen LogP contribution in [0.15, 0.2) is 24.3 Å². The number of hydrogen-bond acceptors (Lipinski definition) is 2. The summed E-state index contributed by atoms with van der Waals surface area (Å²) in [7, 11) is 0. The summed E-state index contributed by atoms with van der Waals surface area (Å²) in [5.41, 5.74) is 0. The van der Waals surface area contributed by atoms with Gasteiger partial charge in [-0.05, 0) is 30.7 Å². The van der Waals surface area contributed by atoms with E-state index in [1.807, 2.05) is 4.90 Å². The molecule has 1 aliphatic heterocycles. The van der Waals surface area contributed by atoms with Crippen molar-refractivity contribution >= 4 is 5.91 Å². The highest BCUT2D eigenvalue weighted by Gasteiger charge is 2.23. The second-order valence-electron chi connectivity index (χ2n) is 5.26. The first-order valence-corrected chi connectivity index (χ1v) is 7.39. The first-order valence-electron chi connectivity index (χ1n) is 7.39. The number of benzene rings is 1. The number of ether oxygens (including phenoxy) is 1. The highest BCUT2D eigenvalue weighted by Crippen LogP contribution is 2.20. The van der Waals surface area contributed by atoms with Gasteiger partial charge in [0, 0.05) is 32.4 Å². The van der Waals surface area contributed by atoms with Crippen molar-refractivity contribution in [3.05, 3.63) is 30.1 Å². The Hall–Kier alpha value is -1.58. The molecule has 1 aromatic carbocycles. The SMILES string of the molecule is CCCCC(=O)N1CCC(Oc2ccc(F)cc2)CC1. The number of unbranched alkanes of at least 4 members (excludes halogenated alkanes) is 1. The monoisotopic (exact) mass is 279 g/mol. The van der Waals surface area contributed by atoms with E-state index in [1.165, 1.54) is 12.1 Å². The number of piperidine rings is 1. The van der Waals surface area contributed by atoms with Gasteiger partial charge in [0.1, 0.15) is 17.7 Å². The van der Waals surface area contributed by atoms with Crippen LogP contribution in [-0.2, 0) is 4.79 Å². The summed E-state index contributed by atoms with van der Waals surface area (Å²) >= 11 is 0. The number of amides is 1. The predicted molar refractivity (Wildman–Crippen MR) is 76.2 cm³/mol. The van der Waals surface area contributed by atoms with E-state index in [0.717, 1.165) is 38.8 Å². The third kappa shape index (κ3) is 4.22. The molecule has 0 aromatic heterocycles. The molecule has 0 spiro atoms. The lowest BCUT2D eigenvalue weighted by molar-refractivity contribution is -0.133. The minimum Gasteiger partial charge on any atom is -0.490 e. The Morgan fingerprint density at radius 1 is 1.30 bits per heavy atom. The second-order valence-corrected chi connectivity index (χ2v) is 5.26. The largest absolute Gasteiger partial charge is 0.490 e. The summed E-state index contributed by atoms with van der Waals surface area (Å²) in [5.74, 6) is 0.697. The zero-order valence-corrected chi connectivity index (χ0v) is 12.0. The molecular weight excluding hydrogens is 257 g/mol. The summed E-state index contributed by atoms with van der Waals surface area (Å²) < 4.78 is 18.6. The molecule has 1 aromatic rings. The minimum absolute atomic E-state index is 0.121. The maximum absolute atomic E-state index is 12.8. The predicted octanol–water partition coefficient (Wildman–Crippen LogP) is 3.39. The van der Waals surface area contributed by atoms with Gasteiger partial charge in [-0.25, -0.2) is 4.39 Å². The lowest BCUT2D eigenvalue weighted by atomic mass is 10.1. The first-order chi connectivity index (χ1) is 9.69. The molecular formula is C16H22FNO2. The molecule has 1 fully saturated rings. The summed E-state index contributed by atoms with van der Waals surface area (Å²) in [6, 6.07) is 6.10. The van der Waals surface area contributed by atoms with Crippen molar-refractivity contribution in [2.45, 2.75) is 45.1 Å².